The molecule has 2 N–H and O–H groups in total. The number of carbonyl (C=O) groups is 1. The second-order valence-electron chi connectivity index (χ2n) is 3.02. The summed E-state index contributed by atoms with van der Waals surface area (Å²) in [5, 5.41) is 12.0. The minimum Gasteiger partial charge on any atom is -0.465 e. The Kier molecular flexibility index (Phi) is 3.49. The van der Waals surface area contributed by atoms with Gasteiger partial charge in [0.2, 0.25) is 0 Å². The monoisotopic (exact) mass is 173 g/mol. The molecule has 12 heavy (non-hydrogen) atoms. The van der Waals surface area contributed by atoms with Crippen LogP contribution in [0.15, 0.2) is 0 Å². The van der Waals surface area contributed by atoms with Crippen molar-refractivity contribution in [3.05, 3.63) is 0 Å². The molecule has 1 aliphatic heterocycles. The molecule has 1 rings (SSSR count). The third-order valence-corrected chi connectivity index (χ3v) is 1.84. The fourth-order valence-electron chi connectivity index (χ4n) is 1.20. The zero-order valence-corrected chi connectivity index (χ0v) is 7.25. The van der Waals surface area contributed by atoms with Crippen molar-refractivity contribution < 1.29 is 14.6 Å². The van der Waals surface area contributed by atoms with Crippen molar-refractivity contribution in [2.24, 2.45) is 0 Å². The van der Waals surface area contributed by atoms with Gasteiger partial charge in [-0.3, -0.25) is 4.79 Å². The maximum absolute atomic E-state index is 11.2. The summed E-state index contributed by atoms with van der Waals surface area (Å²) in [4.78, 5) is 11.2. The Hall–Kier alpha value is -0.610. The second-order valence-corrected chi connectivity index (χ2v) is 3.02. The van der Waals surface area contributed by atoms with Gasteiger partial charge in [-0.15, -0.1) is 0 Å². The maximum atomic E-state index is 11.2. The lowest BCUT2D eigenvalue weighted by atomic mass is 10.2. The standard InChI is InChI=1S/C8H15NO3/c1-2-3-12-8(11)7-4-6(10)5-9-7/h6-7,9-10H,2-5H2,1H3/t6-,7-/m1/s1. The first kappa shape index (κ1) is 9.48. The van der Waals surface area contributed by atoms with Crippen molar-refractivity contribution in [1.29, 1.82) is 0 Å². The van der Waals surface area contributed by atoms with Gasteiger partial charge >= 0.3 is 5.97 Å². The Labute approximate surface area is 71.9 Å². The van der Waals surface area contributed by atoms with Gasteiger partial charge in [-0.05, 0) is 6.42 Å². The predicted molar refractivity (Wildman–Crippen MR) is 43.7 cm³/mol. The minimum atomic E-state index is -0.399. The average molecular weight is 173 g/mol. The number of hydrogen-bond acceptors (Lipinski definition) is 4. The third kappa shape index (κ3) is 2.46. The summed E-state index contributed by atoms with van der Waals surface area (Å²) in [6.07, 6.45) is 0.910. The van der Waals surface area contributed by atoms with E-state index in [2.05, 4.69) is 5.32 Å². The molecule has 0 saturated carbocycles. The summed E-state index contributed by atoms with van der Waals surface area (Å²) in [6, 6.07) is -0.299. The Morgan fingerprint density at radius 3 is 3.00 bits per heavy atom. The molecule has 0 unspecified atom stereocenters. The lowest BCUT2D eigenvalue weighted by molar-refractivity contribution is -0.145. The largest absolute Gasteiger partial charge is 0.465 e. The molecule has 2 atom stereocenters. The molecule has 0 bridgehead atoms. The molecule has 0 spiro atoms. The third-order valence-electron chi connectivity index (χ3n) is 1.84. The molecule has 4 nitrogen and oxygen atoms in total. The van der Waals surface area contributed by atoms with Crippen LogP contribution < -0.4 is 5.32 Å². The van der Waals surface area contributed by atoms with Crippen LogP contribution in [-0.2, 0) is 9.53 Å². The summed E-state index contributed by atoms with van der Waals surface area (Å²) in [7, 11) is 0. The van der Waals surface area contributed by atoms with Gasteiger partial charge in [0.1, 0.15) is 6.04 Å². The molecule has 70 valence electrons. The van der Waals surface area contributed by atoms with E-state index in [0.717, 1.165) is 6.42 Å². The van der Waals surface area contributed by atoms with E-state index in [-0.39, 0.29) is 12.0 Å². The first-order valence-corrected chi connectivity index (χ1v) is 4.32. The topological polar surface area (TPSA) is 58.6 Å². The summed E-state index contributed by atoms with van der Waals surface area (Å²) in [6.45, 7) is 2.91. The van der Waals surface area contributed by atoms with Gasteiger partial charge in [-0.25, -0.2) is 0 Å². The van der Waals surface area contributed by atoms with Gasteiger partial charge in [0.15, 0.2) is 0 Å². The number of β-amino-alcohol motifs (C(OH)–C–C–N with tert-alkyl or cyclic N) is 1. The number of aliphatic hydroxyl groups is 1. The van der Waals surface area contributed by atoms with Gasteiger partial charge in [0, 0.05) is 13.0 Å². The van der Waals surface area contributed by atoms with Gasteiger partial charge in [0.25, 0.3) is 0 Å². The highest BCUT2D eigenvalue weighted by molar-refractivity contribution is 5.76. The number of hydrogen-bond donors (Lipinski definition) is 2. The second kappa shape index (κ2) is 4.42. The zero-order chi connectivity index (χ0) is 8.97. The van der Waals surface area contributed by atoms with Crippen LogP contribution in [0.2, 0.25) is 0 Å². The van der Waals surface area contributed by atoms with Crippen LogP contribution in [0.5, 0.6) is 0 Å². The zero-order valence-electron chi connectivity index (χ0n) is 7.25. The molecule has 0 aromatic carbocycles. The summed E-state index contributed by atoms with van der Waals surface area (Å²) < 4.78 is 4.91. The minimum absolute atomic E-state index is 0.242. The van der Waals surface area contributed by atoms with Crippen molar-refractivity contribution in [1.82, 2.24) is 5.32 Å². The van der Waals surface area contributed by atoms with Gasteiger partial charge in [-0.1, -0.05) is 6.92 Å². The number of nitrogens with one attached hydrogen (secondary N) is 1. The van der Waals surface area contributed by atoms with E-state index in [1.54, 1.807) is 0 Å². The van der Waals surface area contributed by atoms with Crippen molar-refractivity contribution in [2.45, 2.75) is 31.9 Å². The maximum Gasteiger partial charge on any atom is 0.323 e. The van der Waals surface area contributed by atoms with E-state index in [0.29, 0.717) is 19.6 Å². The SMILES string of the molecule is CCCOC(=O)[C@H]1C[C@@H](O)CN1. The molecule has 0 aromatic rings. The van der Waals surface area contributed by atoms with E-state index in [4.69, 9.17) is 9.84 Å². The van der Waals surface area contributed by atoms with Crippen LogP contribution in [0.3, 0.4) is 0 Å². The summed E-state index contributed by atoms with van der Waals surface area (Å²) in [5.74, 6) is -0.242. The van der Waals surface area contributed by atoms with E-state index in [9.17, 15) is 4.79 Å². The smallest absolute Gasteiger partial charge is 0.323 e. The average Bonchev–Trinajstić information content (AvgIpc) is 2.47. The lowest BCUT2D eigenvalue weighted by Crippen LogP contribution is -2.32. The predicted octanol–water partition coefficient (Wildman–Crippen LogP) is -0.338. The molecule has 0 radical (unpaired) electrons. The molecule has 1 heterocycles. The van der Waals surface area contributed by atoms with E-state index in [1.165, 1.54) is 0 Å². The Morgan fingerprint density at radius 2 is 2.50 bits per heavy atom. The van der Waals surface area contributed by atoms with Crippen molar-refractivity contribution >= 4 is 5.97 Å². The first-order chi connectivity index (χ1) is 5.74. The van der Waals surface area contributed by atoms with Crippen LogP contribution in [0.1, 0.15) is 19.8 Å². The first-order valence-electron chi connectivity index (χ1n) is 4.32. The molecular formula is C8H15NO3. The molecule has 1 fully saturated rings. The highest BCUT2D eigenvalue weighted by atomic mass is 16.5. The van der Waals surface area contributed by atoms with Gasteiger partial charge in [0.05, 0.1) is 12.7 Å². The molecule has 4 heteroatoms. The van der Waals surface area contributed by atoms with Crippen LogP contribution in [0.25, 0.3) is 0 Å². The molecule has 1 saturated heterocycles. The van der Waals surface area contributed by atoms with Crippen molar-refractivity contribution in [2.75, 3.05) is 13.2 Å². The lowest BCUT2D eigenvalue weighted by Gasteiger charge is -2.08. The van der Waals surface area contributed by atoms with Crippen molar-refractivity contribution in [3.63, 3.8) is 0 Å². The van der Waals surface area contributed by atoms with E-state index >= 15 is 0 Å². The Bertz CT molecular complexity index is 160. The van der Waals surface area contributed by atoms with E-state index in [1.807, 2.05) is 6.92 Å². The Balaban J connectivity index is 2.23. The number of carbonyl (C=O) groups excluding carboxylic acids is 1. The molecule has 0 amide bonds. The molecule has 0 aromatic heterocycles. The van der Waals surface area contributed by atoms with Crippen LogP contribution in [-0.4, -0.2) is 36.4 Å². The number of rotatable bonds is 3. The van der Waals surface area contributed by atoms with Crippen molar-refractivity contribution in [3.8, 4) is 0 Å². The fourth-order valence-corrected chi connectivity index (χ4v) is 1.20. The van der Waals surface area contributed by atoms with Crippen LogP contribution in [0, 0.1) is 0 Å². The normalized spacial score (nSPS) is 28.8. The molecule has 0 aliphatic carbocycles. The molecular weight excluding hydrogens is 158 g/mol. The summed E-state index contributed by atoms with van der Waals surface area (Å²) in [5.41, 5.74) is 0. The number of ether oxygens (including phenoxy) is 1. The fraction of sp³-hybridized carbons (Fsp3) is 0.875. The Morgan fingerprint density at radius 1 is 1.75 bits per heavy atom. The number of esters is 1. The quantitative estimate of drug-likeness (QED) is 0.573. The highest BCUT2D eigenvalue weighted by Gasteiger charge is 2.28. The van der Waals surface area contributed by atoms with E-state index < -0.39 is 6.10 Å². The highest BCUT2D eigenvalue weighted by Crippen LogP contribution is 2.07. The van der Waals surface area contributed by atoms with Crippen LogP contribution in [0.4, 0.5) is 0 Å². The van der Waals surface area contributed by atoms with Gasteiger partial charge in [-0.2, -0.15) is 0 Å². The molecule has 1 aliphatic rings. The van der Waals surface area contributed by atoms with Crippen LogP contribution >= 0.6 is 0 Å². The van der Waals surface area contributed by atoms with Gasteiger partial charge < -0.3 is 15.2 Å². The summed E-state index contributed by atoms with van der Waals surface area (Å²) >= 11 is 0. The number of aliphatic hydroxyl groups excluding tert-OH is 1.